The molecule has 4 heteroatoms. The van der Waals surface area contributed by atoms with Gasteiger partial charge in [-0.3, -0.25) is 0 Å². The van der Waals surface area contributed by atoms with Crippen molar-refractivity contribution < 1.29 is 4.52 Å². The Labute approximate surface area is 98.9 Å². The first-order valence-corrected chi connectivity index (χ1v) is 5.62. The fourth-order valence-electron chi connectivity index (χ4n) is 1.82. The largest absolute Gasteiger partial charge is 0.334 e. The minimum Gasteiger partial charge on any atom is -0.334 e. The van der Waals surface area contributed by atoms with E-state index in [1.165, 1.54) is 0 Å². The van der Waals surface area contributed by atoms with Crippen molar-refractivity contribution in [1.82, 2.24) is 10.1 Å². The molecule has 2 aromatic rings. The molecule has 1 aromatic carbocycles. The zero-order chi connectivity index (χ0) is 11.8. The standard InChI is InChI=1S/C13H11N3O/c1-8-6-9(7-14)2-5-11(8)13-15-12(16-17-13)10-3-4-10/h2,5-6,10H,3-4H2,1H3. The van der Waals surface area contributed by atoms with Gasteiger partial charge < -0.3 is 4.52 Å². The molecule has 4 nitrogen and oxygen atoms in total. The average molecular weight is 225 g/mol. The zero-order valence-electron chi connectivity index (χ0n) is 9.47. The molecule has 1 aliphatic rings. The third-order valence-electron chi connectivity index (χ3n) is 2.97. The first-order chi connectivity index (χ1) is 8.28. The maximum Gasteiger partial charge on any atom is 0.258 e. The van der Waals surface area contributed by atoms with E-state index in [2.05, 4.69) is 16.2 Å². The molecule has 0 atom stereocenters. The van der Waals surface area contributed by atoms with E-state index in [1.54, 1.807) is 6.07 Å². The SMILES string of the molecule is Cc1cc(C#N)ccc1-c1nc(C2CC2)no1. The summed E-state index contributed by atoms with van der Waals surface area (Å²) in [7, 11) is 0. The molecule has 1 saturated carbocycles. The molecule has 0 unspecified atom stereocenters. The van der Waals surface area contributed by atoms with Gasteiger partial charge in [-0.2, -0.15) is 10.2 Å². The van der Waals surface area contributed by atoms with Crippen LogP contribution in [0.5, 0.6) is 0 Å². The minimum absolute atomic E-state index is 0.492. The Balaban J connectivity index is 1.99. The number of nitrogens with zero attached hydrogens (tertiary/aromatic N) is 3. The van der Waals surface area contributed by atoms with Gasteiger partial charge in [0.25, 0.3) is 5.89 Å². The number of aromatic nitrogens is 2. The van der Waals surface area contributed by atoms with Crippen molar-refractivity contribution in [1.29, 1.82) is 5.26 Å². The van der Waals surface area contributed by atoms with Crippen LogP contribution in [0.1, 0.15) is 35.7 Å². The molecule has 1 fully saturated rings. The molecule has 1 aromatic heterocycles. The Hall–Kier alpha value is -2.15. The molecule has 17 heavy (non-hydrogen) atoms. The van der Waals surface area contributed by atoms with Gasteiger partial charge in [0.1, 0.15) is 0 Å². The van der Waals surface area contributed by atoms with Crippen molar-refractivity contribution in [3.05, 3.63) is 35.2 Å². The van der Waals surface area contributed by atoms with Gasteiger partial charge in [-0.1, -0.05) is 5.16 Å². The van der Waals surface area contributed by atoms with Crippen LogP contribution in [0.15, 0.2) is 22.7 Å². The molecule has 0 bridgehead atoms. The minimum atomic E-state index is 0.492. The highest BCUT2D eigenvalue weighted by Gasteiger charge is 2.29. The van der Waals surface area contributed by atoms with Gasteiger partial charge in [-0.05, 0) is 43.5 Å². The fraction of sp³-hybridized carbons (Fsp3) is 0.308. The maximum absolute atomic E-state index is 8.81. The quantitative estimate of drug-likeness (QED) is 0.788. The Morgan fingerprint density at radius 2 is 2.24 bits per heavy atom. The van der Waals surface area contributed by atoms with E-state index in [0.29, 0.717) is 17.4 Å². The van der Waals surface area contributed by atoms with Crippen LogP contribution in [0, 0.1) is 18.3 Å². The summed E-state index contributed by atoms with van der Waals surface area (Å²) in [6.45, 7) is 1.94. The number of aryl methyl sites for hydroxylation is 1. The first kappa shape index (κ1) is 10.0. The topological polar surface area (TPSA) is 62.7 Å². The lowest BCUT2D eigenvalue weighted by molar-refractivity contribution is 0.422. The summed E-state index contributed by atoms with van der Waals surface area (Å²) < 4.78 is 5.26. The van der Waals surface area contributed by atoms with E-state index in [0.717, 1.165) is 29.8 Å². The van der Waals surface area contributed by atoms with Gasteiger partial charge in [0.05, 0.1) is 11.6 Å². The summed E-state index contributed by atoms with van der Waals surface area (Å²) in [5.41, 5.74) is 2.53. The highest BCUT2D eigenvalue weighted by atomic mass is 16.5. The molecule has 0 saturated heterocycles. The number of hydrogen-bond donors (Lipinski definition) is 0. The van der Waals surface area contributed by atoms with E-state index in [4.69, 9.17) is 9.78 Å². The van der Waals surface area contributed by atoms with E-state index >= 15 is 0 Å². The van der Waals surface area contributed by atoms with E-state index < -0.39 is 0 Å². The lowest BCUT2D eigenvalue weighted by Crippen LogP contribution is -1.86. The van der Waals surface area contributed by atoms with Gasteiger partial charge in [-0.25, -0.2) is 0 Å². The number of benzene rings is 1. The van der Waals surface area contributed by atoms with Gasteiger partial charge in [-0.15, -0.1) is 0 Å². The second-order valence-electron chi connectivity index (χ2n) is 4.37. The summed E-state index contributed by atoms with van der Waals surface area (Å²) in [4.78, 5) is 4.40. The van der Waals surface area contributed by atoms with E-state index in [1.807, 2.05) is 19.1 Å². The molecule has 1 heterocycles. The van der Waals surface area contributed by atoms with Crippen LogP contribution in [0.25, 0.3) is 11.5 Å². The second kappa shape index (κ2) is 3.70. The van der Waals surface area contributed by atoms with Gasteiger partial charge in [0.2, 0.25) is 0 Å². The summed E-state index contributed by atoms with van der Waals surface area (Å²) in [6, 6.07) is 7.57. The number of hydrogen-bond acceptors (Lipinski definition) is 4. The molecule has 0 N–H and O–H groups in total. The molecule has 84 valence electrons. The van der Waals surface area contributed by atoms with Crippen molar-refractivity contribution in [2.45, 2.75) is 25.7 Å². The van der Waals surface area contributed by atoms with Crippen LogP contribution in [0.3, 0.4) is 0 Å². The average Bonchev–Trinajstić information content (AvgIpc) is 3.08. The third-order valence-corrected chi connectivity index (χ3v) is 2.97. The molecular formula is C13H11N3O. The van der Waals surface area contributed by atoms with Crippen molar-refractivity contribution in [2.24, 2.45) is 0 Å². The summed E-state index contributed by atoms with van der Waals surface area (Å²) in [5.74, 6) is 1.85. The zero-order valence-corrected chi connectivity index (χ0v) is 9.47. The Morgan fingerprint density at radius 1 is 1.41 bits per heavy atom. The third kappa shape index (κ3) is 1.80. The monoisotopic (exact) mass is 225 g/mol. The Kier molecular flexibility index (Phi) is 2.19. The maximum atomic E-state index is 8.81. The highest BCUT2D eigenvalue weighted by molar-refractivity contribution is 5.60. The summed E-state index contributed by atoms with van der Waals surface area (Å²) in [5, 5.41) is 12.8. The Bertz CT molecular complexity index is 605. The van der Waals surface area contributed by atoms with Crippen molar-refractivity contribution >= 4 is 0 Å². The van der Waals surface area contributed by atoms with Gasteiger partial charge in [0, 0.05) is 11.5 Å². The molecule has 0 aliphatic heterocycles. The smallest absolute Gasteiger partial charge is 0.258 e. The number of nitriles is 1. The van der Waals surface area contributed by atoms with Crippen LogP contribution in [0.2, 0.25) is 0 Å². The van der Waals surface area contributed by atoms with Crippen molar-refractivity contribution in [3.8, 4) is 17.5 Å². The van der Waals surface area contributed by atoms with Crippen LogP contribution in [-0.4, -0.2) is 10.1 Å². The highest BCUT2D eigenvalue weighted by Crippen LogP contribution is 2.39. The van der Waals surface area contributed by atoms with E-state index in [-0.39, 0.29) is 0 Å². The molecule has 0 radical (unpaired) electrons. The molecule has 1 aliphatic carbocycles. The normalized spacial score (nSPS) is 14.6. The Morgan fingerprint density at radius 3 is 2.88 bits per heavy atom. The fourth-order valence-corrected chi connectivity index (χ4v) is 1.82. The van der Waals surface area contributed by atoms with Crippen LogP contribution >= 0.6 is 0 Å². The molecule has 3 rings (SSSR count). The van der Waals surface area contributed by atoms with Gasteiger partial charge >= 0.3 is 0 Å². The lowest BCUT2D eigenvalue weighted by atomic mass is 10.1. The van der Waals surface area contributed by atoms with E-state index in [9.17, 15) is 0 Å². The molecule has 0 amide bonds. The second-order valence-corrected chi connectivity index (χ2v) is 4.37. The van der Waals surface area contributed by atoms with Crippen LogP contribution in [-0.2, 0) is 0 Å². The van der Waals surface area contributed by atoms with Gasteiger partial charge in [0.15, 0.2) is 5.82 Å². The lowest BCUT2D eigenvalue weighted by Gasteiger charge is -1.99. The van der Waals surface area contributed by atoms with Crippen LogP contribution < -0.4 is 0 Å². The molecular weight excluding hydrogens is 214 g/mol. The number of rotatable bonds is 2. The van der Waals surface area contributed by atoms with Crippen LogP contribution in [0.4, 0.5) is 0 Å². The van der Waals surface area contributed by atoms with Crippen molar-refractivity contribution in [3.63, 3.8) is 0 Å². The predicted molar refractivity (Wildman–Crippen MR) is 61.2 cm³/mol. The summed E-state index contributed by atoms with van der Waals surface area (Å²) in [6.07, 6.45) is 2.32. The first-order valence-electron chi connectivity index (χ1n) is 5.62. The summed E-state index contributed by atoms with van der Waals surface area (Å²) >= 11 is 0. The van der Waals surface area contributed by atoms with Crippen molar-refractivity contribution in [2.75, 3.05) is 0 Å². The predicted octanol–water partition coefficient (Wildman–Crippen LogP) is 2.79. The molecule has 0 spiro atoms.